The second-order valence-corrected chi connectivity index (χ2v) is 5.12. The lowest BCUT2D eigenvalue weighted by Gasteiger charge is -2.34. The lowest BCUT2D eigenvalue weighted by molar-refractivity contribution is 0.0649. The Morgan fingerprint density at radius 1 is 1.38 bits per heavy atom. The summed E-state index contributed by atoms with van der Waals surface area (Å²) in [4.78, 5) is 4.46. The number of aliphatic imine (C=N–C) groups is 1. The zero-order chi connectivity index (χ0) is 11.0. The summed E-state index contributed by atoms with van der Waals surface area (Å²) in [5.41, 5.74) is 2.51. The highest BCUT2D eigenvalue weighted by Crippen LogP contribution is 2.39. The molecule has 1 unspecified atom stereocenters. The van der Waals surface area contributed by atoms with Gasteiger partial charge in [-0.15, -0.1) is 0 Å². The fourth-order valence-electron chi connectivity index (χ4n) is 2.24. The summed E-state index contributed by atoms with van der Waals surface area (Å²) in [6.45, 7) is 2.45. The Labute approximate surface area is 103 Å². The normalized spacial score (nSPS) is 28.2. The van der Waals surface area contributed by atoms with Crippen LogP contribution in [0.1, 0.15) is 11.1 Å². The number of nitrogens with one attached hydrogen (secondary N) is 1. The van der Waals surface area contributed by atoms with Crippen LogP contribution in [0, 0.1) is 0 Å². The lowest BCUT2D eigenvalue weighted by Crippen LogP contribution is -2.43. The molecule has 16 heavy (non-hydrogen) atoms. The molecular formula is C12H13BrN2O. The van der Waals surface area contributed by atoms with Crippen LogP contribution in [-0.2, 0) is 15.7 Å². The van der Waals surface area contributed by atoms with Crippen molar-refractivity contribution in [1.82, 2.24) is 5.32 Å². The Balaban J connectivity index is 2.09. The molecule has 0 saturated carbocycles. The second-order valence-electron chi connectivity index (χ2n) is 4.01. The number of benzene rings is 1. The molecule has 1 aromatic rings. The van der Waals surface area contributed by atoms with E-state index in [0.717, 1.165) is 32.0 Å². The number of hydrogen-bond donors (Lipinski definition) is 1. The summed E-state index contributed by atoms with van der Waals surface area (Å²) in [7, 11) is 0. The van der Waals surface area contributed by atoms with Crippen molar-refractivity contribution >= 4 is 21.8 Å². The standard InChI is InChI=1S/C12H13BrN2O/c13-12(11-14-6-7-15-11)10-4-2-1-3-9(10)5-8-16-12/h1-4H,5-8H2,(H,14,15). The molecule has 0 fully saturated rings. The monoisotopic (exact) mass is 280 g/mol. The highest BCUT2D eigenvalue weighted by molar-refractivity contribution is 9.10. The molecule has 1 aromatic carbocycles. The van der Waals surface area contributed by atoms with Crippen LogP contribution in [0.25, 0.3) is 0 Å². The van der Waals surface area contributed by atoms with E-state index >= 15 is 0 Å². The van der Waals surface area contributed by atoms with Crippen molar-refractivity contribution in [3.05, 3.63) is 35.4 Å². The third kappa shape index (κ3) is 1.48. The molecule has 0 amide bonds. The fourth-order valence-corrected chi connectivity index (χ4v) is 3.05. The molecule has 4 heteroatoms. The van der Waals surface area contributed by atoms with E-state index < -0.39 is 4.51 Å². The molecule has 1 N–H and O–H groups in total. The Hall–Kier alpha value is -0.870. The number of hydrogen-bond acceptors (Lipinski definition) is 3. The molecule has 3 rings (SSSR count). The van der Waals surface area contributed by atoms with E-state index in [9.17, 15) is 0 Å². The summed E-state index contributed by atoms with van der Waals surface area (Å²) in [5, 5.41) is 3.29. The quantitative estimate of drug-likeness (QED) is 0.796. The predicted octanol–water partition coefficient (Wildman–Crippen LogP) is 1.81. The van der Waals surface area contributed by atoms with Crippen molar-refractivity contribution in [3.8, 4) is 0 Å². The smallest absolute Gasteiger partial charge is 0.205 e. The zero-order valence-electron chi connectivity index (χ0n) is 8.87. The molecule has 0 spiro atoms. The number of alkyl halides is 1. The summed E-state index contributed by atoms with van der Waals surface area (Å²) >= 11 is 3.71. The van der Waals surface area contributed by atoms with Gasteiger partial charge in [0, 0.05) is 12.1 Å². The third-order valence-electron chi connectivity index (χ3n) is 3.01. The van der Waals surface area contributed by atoms with E-state index in [0.29, 0.717) is 0 Å². The van der Waals surface area contributed by atoms with Gasteiger partial charge >= 0.3 is 0 Å². The van der Waals surface area contributed by atoms with Crippen molar-refractivity contribution in [1.29, 1.82) is 0 Å². The van der Waals surface area contributed by atoms with Crippen LogP contribution in [0.15, 0.2) is 29.3 Å². The highest BCUT2D eigenvalue weighted by atomic mass is 79.9. The molecule has 0 saturated heterocycles. The molecule has 0 aliphatic carbocycles. The average molecular weight is 281 g/mol. The SMILES string of the molecule is BrC1(C2=NCCN2)OCCc2ccccc21. The number of nitrogens with zero attached hydrogens (tertiary/aromatic N) is 1. The number of amidine groups is 1. The van der Waals surface area contributed by atoms with Gasteiger partial charge in [0.1, 0.15) is 5.84 Å². The minimum Gasteiger partial charge on any atom is -0.368 e. The fraction of sp³-hybridized carbons (Fsp3) is 0.417. The van der Waals surface area contributed by atoms with Crippen LogP contribution >= 0.6 is 15.9 Å². The predicted molar refractivity (Wildman–Crippen MR) is 67.0 cm³/mol. The van der Waals surface area contributed by atoms with Crippen molar-refractivity contribution in [2.24, 2.45) is 4.99 Å². The first-order chi connectivity index (χ1) is 7.81. The summed E-state index contributed by atoms with van der Waals surface area (Å²) in [6, 6.07) is 8.37. The van der Waals surface area contributed by atoms with E-state index in [2.05, 4.69) is 44.4 Å². The lowest BCUT2D eigenvalue weighted by atomic mass is 9.97. The minimum atomic E-state index is -0.557. The first kappa shape index (κ1) is 10.3. The van der Waals surface area contributed by atoms with E-state index in [1.54, 1.807) is 0 Å². The van der Waals surface area contributed by atoms with Gasteiger partial charge < -0.3 is 10.1 Å². The molecular weight excluding hydrogens is 268 g/mol. The van der Waals surface area contributed by atoms with Crippen LogP contribution < -0.4 is 5.32 Å². The maximum absolute atomic E-state index is 5.90. The molecule has 0 bridgehead atoms. The van der Waals surface area contributed by atoms with Gasteiger partial charge in [0.25, 0.3) is 0 Å². The molecule has 3 nitrogen and oxygen atoms in total. The number of halogens is 1. The Morgan fingerprint density at radius 3 is 3.06 bits per heavy atom. The molecule has 2 heterocycles. The van der Waals surface area contributed by atoms with Crippen molar-refractivity contribution in [3.63, 3.8) is 0 Å². The van der Waals surface area contributed by atoms with Crippen molar-refractivity contribution < 1.29 is 4.74 Å². The van der Waals surface area contributed by atoms with Crippen LogP contribution in [0.3, 0.4) is 0 Å². The molecule has 2 aliphatic rings. The average Bonchev–Trinajstić information content (AvgIpc) is 2.84. The highest BCUT2D eigenvalue weighted by Gasteiger charge is 2.41. The minimum absolute atomic E-state index is 0.557. The van der Waals surface area contributed by atoms with E-state index in [-0.39, 0.29) is 0 Å². The number of fused-ring (bicyclic) bond motifs is 1. The zero-order valence-corrected chi connectivity index (χ0v) is 10.5. The van der Waals surface area contributed by atoms with Gasteiger partial charge in [-0.1, -0.05) is 24.3 Å². The van der Waals surface area contributed by atoms with Gasteiger partial charge in [0.15, 0.2) is 0 Å². The Kier molecular flexibility index (Phi) is 2.48. The van der Waals surface area contributed by atoms with Gasteiger partial charge in [-0.05, 0) is 27.9 Å². The molecule has 0 aromatic heterocycles. The van der Waals surface area contributed by atoms with E-state index in [1.807, 2.05) is 6.07 Å². The van der Waals surface area contributed by atoms with E-state index in [1.165, 1.54) is 11.1 Å². The Morgan fingerprint density at radius 2 is 2.25 bits per heavy atom. The number of ether oxygens (including phenoxy) is 1. The maximum Gasteiger partial charge on any atom is 0.205 e. The summed E-state index contributed by atoms with van der Waals surface area (Å²) < 4.78 is 5.34. The van der Waals surface area contributed by atoms with Crippen molar-refractivity contribution in [2.75, 3.05) is 19.7 Å². The third-order valence-corrected chi connectivity index (χ3v) is 4.05. The van der Waals surface area contributed by atoms with Crippen LogP contribution in [0.4, 0.5) is 0 Å². The molecule has 84 valence electrons. The van der Waals surface area contributed by atoms with E-state index in [4.69, 9.17) is 4.74 Å². The number of rotatable bonds is 1. The molecule has 1 atom stereocenters. The topological polar surface area (TPSA) is 33.6 Å². The van der Waals surface area contributed by atoms with Crippen molar-refractivity contribution in [2.45, 2.75) is 10.9 Å². The Bertz CT molecular complexity index is 446. The van der Waals surface area contributed by atoms with Gasteiger partial charge in [-0.3, -0.25) is 4.99 Å². The van der Waals surface area contributed by atoms with Gasteiger partial charge in [0.05, 0.1) is 13.2 Å². The largest absolute Gasteiger partial charge is 0.368 e. The van der Waals surface area contributed by atoms with Gasteiger partial charge in [0.2, 0.25) is 4.51 Å². The van der Waals surface area contributed by atoms with Gasteiger partial charge in [-0.2, -0.15) is 0 Å². The van der Waals surface area contributed by atoms with Crippen LogP contribution in [0.2, 0.25) is 0 Å². The molecule has 2 aliphatic heterocycles. The van der Waals surface area contributed by atoms with Gasteiger partial charge in [-0.25, -0.2) is 0 Å². The first-order valence-electron chi connectivity index (χ1n) is 5.51. The second kappa shape index (κ2) is 3.86. The first-order valence-corrected chi connectivity index (χ1v) is 6.30. The van der Waals surface area contributed by atoms with Crippen LogP contribution in [0.5, 0.6) is 0 Å². The maximum atomic E-state index is 5.90. The summed E-state index contributed by atoms with van der Waals surface area (Å²) in [6.07, 6.45) is 0.969. The molecule has 0 radical (unpaired) electrons. The van der Waals surface area contributed by atoms with Crippen LogP contribution in [-0.4, -0.2) is 25.5 Å². The summed E-state index contributed by atoms with van der Waals surface area (Å²) in [5.74, 6) is 0.902.